The van der Waals surface area contributed by atoms with Crippen LogP contribution in [0.2, 0.25) is 0 Å². The smallest absolute Gasteiger partial charge is 0.234 e. The van der Waals surface area contributed by atoms with Crippen molar-refractivity contribution in [3.63, 3.8) is 0 Å². The Balaban J connectivity index is 3.65. The summed E-state index contributed by atoms with van der Waals surface area (Å²) in [6.07, 6.45) is 1.99. The molecule has 0 fully saturated rings. The summed E-state index contributed by atoms with van der Waals surface area (Å²) in [5, 5.41) is 6.17. The van der Waals surface area contributed by atoms with Gasteiger partial charge in [0.25, 0.3) is 0 Å². The molecule has 4 nitrogen and oxygen atoms in total. The van der Waals surface area contributed by atoms with E-state index in [2.05, 4.69) is 36.3 Å². The van der Waals surface area contributed by atoms with Gasteiger partial charge in [0.15, 0.2) is 0 Å². The Bertz CT molecular complexity index is 191. The molecule has 0 saturated carbocycles. The average Bonchev–Trinajstić information content (AvgIpc) is 2.25. The van der Waals surface area contributed by atoms with Crippen molar-refractivity contribution in [2.45, 2.75) is 45.7 Å². The standard InChI is InChI=1S/C12H27N3O/c1-6-11(7-2)14-12(16)9-13-8-10(3)15(4)5/h10-11,13H,6-9H2,1-5H3,(H,14,16). The van der Waals surface area contributed by atoms with Crippen LogP contribution < -0.4 is 10.6 Å². The molecule has 0 aliphatic rings. The van der Waals surface area contributed by atoms with Gasteiger partial charge in [0, 0.05) is 18.6 Å². The molecule has 0 aromatic rings. The predicted molar refractivity (Wildman–Crippen MR) is 68.5 cm³/mol. The molecule has 0 heterocycles. The molecule has 1 atom stereocenters. The summed E-state index contributed by atoms with van der Waals surface area (Å²) in [6.45, 7) is 7.57. The monoisotopic (exact) mass is 229 g/mol. The third-order valence-electron chi connectivity index (χ3n) is 2.96. The van der Waals surface area contributed by atoms with Gasteiger partial charge >= 0.3 is 0 Å². The van der Waals surface area contributed by atoms with Crippen molar-refractivity contribution >= 4 is 5.91 Å². The zero-order valence-electron chi connectivity index (χ0n) is 11.3. The minimum Gasteiger partial charge on any atom is -0.352 e. The van der Waals surface area contributed by atoms with E-state index in [1.54, 1.807) is 0 Å². The number of hydrogen-bond acceptors (Lipinski definition) is 3. The number of nitrogens with zero attached hydrogens (tertiary/aromatic N) is 1. The Morgan fingerprint density at radius 1 is 1.25 bits per heavy atom. The first kappa shape index (κ1) is 15.4. The maximum atomic E-state index is 11.5. The van der Waals surface area contributed by atoms with Crippen molar-refractivity contribution in [1.29, 1.82) is 0 Å². The highest BCUT2D eigenvalue weighted by atomic mass is 16.1. The summed E-state index contributed by atoms with van der Waals surface area (Å²) < 4.78 is 0. The fourth-order valence-electron chi connectivity index (χ4n) is 1.35. The van der Waals surface area contributed by atoms with Crippen LogP contribution in [-0.4, -0.2) is 50.1 Å². The van der Waals surface area contributed by atoms with Crippen LogP contribution >= 0.6 is 0 Å². The van der Waals surface area contributed by atoms with Crippen LogP contribution in [0.25, 0.3) is 0 Å². The van der Waals surface area contributed by atoms with Crippen LogP contribution in [0.4, 0.5) is 0 Å². The first-order valence-corrected chi connectivity index (χ1v) is 6.17. The number of carbonyl (C=O) groups is 1. The maximum absolute atomic E-state index is 11.5. The molecule has 1 unspecified atom stereocenters. The molecule has 0 rings (SSSR count). The van der Waals surface area contributed by atoms with Gasteiger partial charge in [-0.25, -0.2) is 0 Å². The second-order valence-corrected chi connectivity index (χ2v) is 4.52. The normalized spacial score (nSPS) is 13.2. The number of rotatable bonds is 8. The number of amides is 1. The van der Waals surface area contributed by atoms with Gasteiger partial charge in [0.05, 0.1) is 6.54 Å². The third-order valence-corrected chi connectivity index (χ3v) is 2.96. The highest BCUT2D eigenvalue weighted by molar-refractivity contribution is 5.78. The molecular weight excluding hydrogens is 202 g/mol. The summed E-state index contributed by atoms with van der Waals surface area (Å²) in [5.74, 6) is 0.0969. The van der Waals surface area contributed by atoms with Gasteiger partial charge < -0.3 is 15.5 Å². The van der Waals surface area contributed by atoms with Gasteiger partial charge in [0.1, 0.15) is 0 Å². The van der Waals surface area contributed by atoms with E-state index in [1.807, 2.05) is 14.1 Å². The Morgan fingerprint density at radius 3 is 2.25 bits per heavy atom. The van der Waals surface area contributed by atoms with E-state index in [1.165, 1.54) is 0 Å². The van der Waals surface area contributed by atoms with Gasteiger partial charge in [-0.05, 0) is 33.9 Å². The largest absolute Gasteiger partial charge is 0.352 e. The minimum atomic E-state index is 0.0969. The molecule has 96 valence electrons. The second-order valence-electron chi connectivity index (χ2n) is 4.52. The Labute approximate surface area is 99.8 Å². The SMILES string of the molecule is CCC(CC)NC(=O)CNCC(C)N(C)C. The molecule has 4 heteroatoms. The van der Waals surface area contributed by atoms with Crippen molar-refractivity contribution in [2.24, 2.45) is 0 Å². The molecule has 0 spiro atoms. The number of carbonyl (C=O) groups excluding carboxylic acids is 1. The van der Waals surface area contributed by atoms with Crippen LogP contribution in [0, 0.1) is 0 Å². The summed E-state index contributed by atoms with van der Waals surface area (Å²) in [6, 6.07) is 0.765. The molecule has 16 heavy (non-hydrogen) atoms. The van der Waals surface area contributed by atoms with Crippen molar-refractivity contribution in [3.05, 3.63) is 0 Å². The maximum Gasteiger partial charge on any atom is 0.234 e. The highest BCUT2D eigenvalue weighted by Gasteiger charge is 2.09. The molecule has 0 aliphatic heterocycles. The van der Waals surface area contributed by atoms with E-state index in [0.717, 1.165) is 19.4 Å². The molecule has 2 N–H and O–H groups in total. The van der Waals surface area contributed by atoms with Crippen molar-refractivity contribution in [1.82, 2.24) is 15.5 Å². The first-order chi connectivity index (χ1) is 7.51. The summed E-state index contributed by atoms with van der Waals surface area (Å²) in [5.41, 5.74) is 0. The highest BCUT2D eigenvalue weighted by Crippen LogP contribution is 1.95. The number of nitrogens with one attached hydrogen (secondary N) is 2. The van der Waals surface area contributed by atoms with E-state index in [-0.39, 0.29) is 5.91 Å². The lowest BCUT2D eigenvalue weighted by Gasteiger charge is -2.20. The summed E-state index contributed by atoms with van der Waals surface area (Å²) in [7, 11) is 4.08. The van der Waals surface area contributed by atoms with Crippen LogP contribution in [-0.2, 0) is 4.79 Å². The van der Waals surface area contributed by atoms with Gasteiger partial charge in [-0.2, -0.15) is 0 Å². The molecule has 1 amide bonds. The quantitative estimate of drug-likeness (QED) is 0.648. The minimum absolute atomic E-state index is 0.0969. The van der Waals surface area contributed by atoms with Crippen molar-refractivity contribution in [2.75, 3.05) is 27.2 Å². The number of likely N-dealkylation sites (N-methyl/N-ethyl adjacent to an activating group) is 1. The summed E-state index contributed by atoms with van der Waals surface area (Å²) >= 11 is 0. The van der Waals surface area contributed by atoms with Gasteiger partial charge in [0.2, 0.25) is 5.91 Å². The second kappa shape index (κ2) is 8.53. The van der Waals surface area contributed by atoms with E-state index in [0.29, 0.717) is 18.6 Å². The lowest BCUT2D eigenvalue weighted by Crippen LogP contribution is -2.43. The Kier molecular flexibility index (Phi) is 8.21. The fraction of sp³-hybridized carbons (Fsp3) is 0.917. The first-order valence-electron chi connectivity index (χ1n) is 6.17. The zero-order chi connectivity index (χ0) is 12.6. The number of hydrogen-bond donors (Lipinski definition) is 2. The van der Waals surface area contributed by atoms with Gasteiger partial charge in [-0.15, -0.1) is 0 Å². The topological polar surface area (TPSA) is 44.4 Å². The average molecular weight is 229 g/mol. The predicted octanol–water partition coefficient (Wildman–Crippen LogP) is 0.831. The lowest BCUT2D eigenvalue weighted by atomic mass is 10.2. The van der Waals surface area contributed by atoms with Crippen molar-refractivity contribution < 1.29 is 4.79 Å². The van der Waals surface area contributed by atoms with Gasteiger partial charge in [-0.1, -0.05) is 13.8 Å². The van der Waals surface area contributed by atoms with Crippen LogP contribution in [0.15, 0.2) is 0 Å². The lowest BCUT2D eigenvalue weighted by molar-refractivity contribution is -0.121. The summed E-state index contributed by atoms with van der Waals surface area (Å²) in [4.78, 5) is 13.7. The van der Waals surface area contributed by atoms with Crippen LogP contribution in [0.1, 0.15) is 33.6 Å². The molecule has 0 aromatic heterocycles. The Morgan fingerprint density at radius 2 is 1.81 bits per heavy atom. The van der Waals surface area contributed by atoms with E-state index in [4.69, 9.17) is 0 Å². The fourth-order valence-corrected chi connectivity index (χ4v) is 1.35. The van der Waals surface area contributed by atoms with Gasteiger partial charge in [-0.3, -0.25) is 4.79 Å². The third kappa shape index (κ3) is 6.80. The van der Waals surface area contributed by atoms with E-state index >= 15 is 0 Å². The van der Waals surface area contributed by atoms with E-state index in [9.17, 15) is 4.79 Å². The molecule has 0 radical (unpaired) electrons. The van der Waals surface area contributed by atoms with E-state index < -0.39 is 0 Å². The molecule has 0 bridgehead atoms. The molecule has 0 saturated heterocycles. The van der Waals surface area contributed by atoms with Crippen molar-refractivity contribution in [3.8, 4) is 0 Å². The Hall–Kier alpha value is -0.610. The molecule has 0 aromatic carbocycles. The molecular formula is C12H27N3O. The molecule has 0 aliphatic carbocycles. The zero-order valence-corrected chi connectivity index (χ0v) is 11.3. The van der Waals surface area contributed by atoms with Crippen LogP contribution in [0.5, 0.6) is 0 Å². The van der Waals surface area contributed by atoms with Crippen LogP contribution in [0.3, 0.4) is 0 Å².